The van der Waals surface area contributed by atoms with Crippen LogP contribution in [0.1, 0.15) is 24.4 Å². The zero-order valence-corrected chi connectivity index (χ0v) is 21.2. The fraction of sp³-hybridized carbons (Fsp3) is 0.269. The van der Waals surface area contributed by atoms with Crippen molar-refractivity contribution in [3.05, 3.63) is 53.6 Å². The van der Waals surface area contributed by atoms with E-state index in [4.69, 9.17) is 22.0 Å². The summed E-state index contributed by atoms with van der Waals surface area (Å²) in [5, 5.41) is 6.13. The van der Waals surface area contributed by atoms with Crippen LogP contribution >= 0.6 is 9.24 Å². The number of aryl methyl sites for hydroxylation is 1. The molecule has 1 aliphatic rings. The summed E-state index contributed by atoms with van der Waals surface area (Å²) >= 11 is 0. The lowest BCUT2D eigenvalue weighted by molar-refractivity contribution is 0.328. The first-order valence-electron chi connectivity index (χ1n) is 11.6. The van der Waals surface area contributed by atoms with E-state index in [2.05, 4.69) is 30.0 Å². The quantitative estimate of drug-likeness (QED) is 0.229. The summed E-state index contributed by atoms with van der Waals surface area (Å²) in [7, 11) is 2.57. The summed E-state index contributed by atoms with van der Waals surface area (Å²) in [6.45, 7) is 3.84. The van der Waals surface area contributed by atoms with Gasteiger partial charge in [0.2, 0.25) is 11.6 Å². The van der Waals surface area contributed by atoms with Crippen LogP contribution in [0.25, 0.3) is 22.3 Å². The monoisotopic (exact) mass is 524 g/mol. The molecule has 0 saturated carbocycles. The van der Waals surface area contributed by atoms with Gasteiger partial charge in [-0.3, -0.25) is 0 Å². The Morgan fingerprint density at radius 1 is 1.22 bits per heavy atom. The molecule has 37 heavy (non-hydrogen) atoms. The van der Waals surface area contributed by atoms with Crippen LogP contribution in [0.2, 0.25) is 0 Å². The van der Waals surface area contributed by atoms with Crippen molar-refractivity contribution in [3.63, 3.8) is 0 Å². The first kappa shape index (κ1) is 25.0. The molecule has 11 heteroatoms. The number of benzene rings is 2. The maximum absolute atomic E-state index is 14.4. The fourth-order valence-corrected chi connectivity index (χ4v) is 5.00. The predicted octanol–water partition coefficient (Wildman–Crippen LogP) is 4.36. The molecule has 2 aromatic heterocycles. The highest BCUT2D eigenvalue weighted by molar-refractivity contribution is 7.28. The minimum Gasteiger partial charge on any atom is -0.451 e. The third kappa shape index (κ3) is 4.61. The van der Waals surface area contributed by atoms with E-state index in [1.807, 2.05) is 4.68 Å². The number of hydrogen-bond acceptors (Lipinski definition) is 6. The highest BCUT2D eigenvalue weighted by atomic mass is 31.0. The molecule has 7 nitrogen and oxygen atoms in total. The minimum absolute atomic E-state index is 0.0612. The number of rotatable bonds is 6. The van der Waals surface area contributed by atoms with Crippen LogP contribution in [-0.2, 0) is 0 Å². The van der Waals surface area contributed by atoms with Gasteiger partial charge in [0.1, 0.15) is 23.6 Å². The predicted molar refractivity (Wildman–Crippen MR) is 139 cm³/mol. The second kappa shape index (κ2) is 10.0. The van der Waals surface area contributed by atoms with Gasteiger partial charge in [0, 0.05) is 31.6 Å². The number of ether oxygens (including phenoxy) is 1. The van der Waals surface area contributed by atoms with E-state index in [-0.39, 0.29) is 23.2 Å². The Balaban J connectivity index is 1.52. The summed E-state index contributed by atoms with van der Waals surface area (Å²) in [5.41, 5.74) is 8.09. The summed E-state index contributed by atoms with van der Waals surface area (Å²) in [6, 6.07) is 5.67. The fourth-order valence-electron chi connectivity index (χ4n) is 4.60. The molecule has 1 aliphatic heterocycles. The normalized spacial score (nSPS) is 15.8. The molecule has 5 rings (SSSR count). The van der Waals surface area contributed by atoms with E-state index < -0.39 is 23.2 Å². The van der Waals surface area contributed by atoms with E-state index in [1.165, 1.54) is 19.3 Å². The van der Waals surface area contributed by atoms with Gasteiger partial charge in [-0.1, -0.05) is 0 Å². The smallest absolute Gasteiger partial charge is 0.204 e. The largest absolute Gasteiger partial charge is 0.451 e. The number of likely N-dealkylation sites (tertiary alicyclic amines) is 1. The molecular formula is C26H24F3N6OP. The van der Waals surface area contributed by atoms with Gasteiger partial charge in [-0.15, -0.1) is 21.6 Å². The summed E-state index contributed by atoms with van der Waals surface area (Å²) < 4.78 is 49.8. The Morgan fingerprint density at radius 2 is 2.03 bits per heavy atom. The van der Waals surface area contributed by atoms with Gasteiger partial charge >= 0.3 is 0 Å². The summed E-state index contributed by atoms with van der Waals surface area (Å²) in [6.07, 6.45) is 8.39. The topological polar surface area (TPSA) is 82.1 Å². The highest BCUT2D eigenvalue weighted by Crippen LogP contribution is 2.36. The highest BCUT2D eigenvalue weighted by Gasteiger charge is 2.28. The van der Waals surface area contributed by atoms with Gasteiger partial charge in [0.15, 0.2) is 17.3 Å². The molecule has 2 atom stereocenters. The lowest BCUT2D eigenvalue weighted by atomic mass is 10.1. The molecule has 190 valence electrons. The number of hydrogen-bond donors (Lipinski definition) is 1. The second-order valence-corrected chi connectivity index (χ2v) is 9.55. The van der Waals surface area contributed by atoms with Crippen molar-refractivity contribution in [2.75, 3.05) is 25.4 Å². The van der Waals surface area contributed by atoms with Crippen LogP contribution in [0.4, 0.5) is 19.0 Å². The van der Waals surface area contributed by atoms with Crippen LogP contribution in [0, 0.1) is 36.7 Å². The summed E-state index contributed by atoms with van der Waals surface area (Å²) in [5.74, 6) is -1.24. The molecule has 0 radical (unpaired) electrons. The van der Waals surface area contributed by atoms with Gasteiger partial charge in [-0.25, -0.2) is 23.4 Å². The molecule has 0 amide bonds. The van der Waals surface area contributed by atoms with E-state index in [0.29, 0.717) is 34.0 Å². The number of terminal acetylenes is 1. The van der Waals surface area contributed by atoms with Gasteiger partial charge in [-0.05, 0) is 48.5 Å². The van der Waals surface area contributed by atoms with E-state index >= 15 is 0 Å². The third-order valence-corrected chi connectivity index (χ3v) is 6.96. The van der Waals surface area contributed by atoms with Gasteiger partial charge < -0.3 is 15.4 Å². The van der Waals surface area contributed by atoms with Crippen LogP contribution < -0.4 is 15.8 Å². The van der Waals surface area contributed by atoms with Crippen molar-refractivity contribution >= 4 is 31.4 Å². The first-order valence-corrected chi connectivity index (χ1v) is 12.2. The number of aromatic nitrogens is 4. The molecule has 1 saturated heterocycles. The van der Waals surface area contributed by atoms with Crippen LogP contribution in [-0.4, -0.2) is 44.3 Å². The maximum atomic E-state index is 14.4. The number of fused-ring (bicyclic) bond motifs is 1. The van der Waals surface area contributed by atoms with Crippen molar-refractivity contribution in [2.45, 2.75) is 25.8 Å². The second-order valence-electron chi connectivity index (χ2n) is 8.93. The number of nitrogens with two attached hydrogens (primary N) is 1. The molecule has 0 bridgehead atoms. The van der Waals surface area contributed by atoms with Crippen molar-refractivity contribution in [1.29, 1.82) is 0 Å². The molecule has 2 N–H and O–H groups in total. The maximum Gasteiger partial charge on any atom is 0.204 e. The Bertz CT molecular complexity index is 1520. The lowest BCUT2D eigenvalue weighted by Crippen LogP contribution is -2.23. The van der Waals surface area contributed by atoms with Crippen molar-refractivity contribution in [3.8, 4) is 35.1 Å². The molecule has 1 fully saturated rings. The lowest BCUT2D eigenvalue weighted by Gasteiger charge is -2.15. The van der Waals surface area contributed by atoms with Crippen LogP contribution in [0.15, 0.2) is 30.6 Å². The van der Waals surface area contributed by atoms with E-state index in [1.54, 1.807) is 12.1 Å². The molecule has 2 aromatic carbocycles. The molecule has 0 aliphatic carbocycles. The van der Waals surface area contributed by atoms with Crippen LogP contribution in [0.5, 0.6) is 11.5 Å². The van der Waals surface area contributed by atoms with Crippen molar-refractivity contribution in [2.24, 2.45) is 0 Å². The molecule has 4 aromatic rings. The zero-order chi connectivity index (χ0) is 26.3. The van der Waals surface area contributed by atoms with E-state index in [0.717, 1.165) is 32.1 Å². The average Bonchev–Trinajstić information content (AvgIpc) is 3.50. The third-order valence-electron chi connectivity index (χ3n) is 6.48. The number of anilines is 1. The Hall–Kier alpha value is -3.67. The van der Waals surface area contributed by atoms with Gasteiger partial charge in [-0.2, -0.15) is 9.49 Å². The first-order chi connectivity index (χ1) is 17.8. The van der Waals surface area contributed by atoms with Crippen molar-refractivity contribution < 1.29 is 17.9 Å². The SMILES string of the molecule is C#CCCN1CCC(n2nc(-c3ccc(Oc4c(F)c(C)cc(F)c4F)cc3P)c3c(N)ncnc32)C1. The Labute approximate surface area is 214 Å². The van der Waals surface area contributed by atoms with Crippen LogP contribution in [0.3, 0.4) is 0 Å². The zero-order valence-electron chi connectivity index (χ0n) is 20.0. The average molecular weight is 524 g/mol. The molecular weight excluding hydrogens is 500 g/mol. The number of nitrogens with zero attached hydrogens (tertiary/aromatic N) is 5. The van der Waals surface area contributed by atoms with Gasteiger partial charge in [0.05, 0.1) is 11.4 Å². The Kier molecular flexibility index (Phi) is 6.76. The van der Waals surface area contributed by atoms with E-state index in [9.17, 15) is 13.2 Å². The van der Waals surface area contributed by atoms with Gasteiger partial charge in [0.25, 0.3) is 0 Å². The molecule has 0 spiro atoms. The number of halogens is 3. The minimum atomic E-state index is -1.39. The van der Waals surface area contributed by atoms with Crippen molar-refractivity contribution in [1.82, 2.24) is 24.6 Å². The molecule has 3 heterocycles. The standard InChI is InChI=1S/C26H24F3N6OP/c1-3-4-8-34-9-7-15(12-34)35-26-20(25(30)31-13-32-26)23(33-35)17-6-5-16(11-19(17)37)36-24-21(28)14(2)10-18(27)22(24)29/h1,5-6,10-11,13,15H,4,7-9,12,37H2,2H3,(H2,30,31,32). The molecule has 2 unspecified atom stereocenters. The Morgan fingerprint density at radius 3 is 2.78 bits per heavy atom. The number of nitrogen functional groups attached to an aromatic ring is 1. The summed E-state index contributed by atoms with van der Waals surface area (Å²) in [4.78, 5) is 10.9.